The van der Waals surface area contributed by atoms with Crippen molar-refractivity contribution in [3.05, 3.63) is 106 Å². The van der Waals surface area contributed by atoms with Crippen LogP contribution in [0.25, 0.3) is 12.2 Å². The molecule has 0 unspecified atom stereocenters. The van der Waals surface area contributed by atoms with Crippen molar-refractivity contribution < 1.29 is 19.0 Å². The number of esters is 1. The third-order valence-electron chi connectivity index (χ3n) is 4.64. The third kappa shape index (κ3) is 5.34. The molecule has 0 aromatic heterocycles. The Morgan fingerprint density at radius 1 is 1.00 bits per heavy atom. The van der Waals surface area contributed by atoms with Crippen molar-refractivity contribution >= 4 is 39.9 Å². The second-order valence-corrected chi connectivity index (χ2v) is 7.83. The van der Waals surface area contributed by atoms with Gasteiger partial charge in [-0.15, -0.1) is 0 Å². The summed E-state index contributed by atoms with van der Waals surface area (Å²) in [5.74, 6) is 0.773. The van der Waals surface area contributed by atoms with Crippen LogP contribution in [-0.2, 0) is 16.1 Å². The fourth-order valence-corrected chi connectivity index (χ4v) is 3.56. The van der Waals surface area contributed by atoms with E-state index in [1.165, 1.54) is 0 Å². The van der Waals surface area contributed by atoms with Gasteiger partial charge in [-0.25, -0.2) is 9.79 Å². The van der Waals surface area contributed by atoms with E-state index in [-0.39, 0.29) is 11.6 Å². The molecule has 32 heavy (non-hydrogen) atoms. The number of halogens is 1. The predicted octanol–water partition coefficient (Wildman–Crippen LogP) is 6.05. The Kier molecular flexibility index (Phi) is 6.82. The molecule has 0 saturated carbocycles. The van der Waals surface area contributed by atoms with Crippen molar-refractivity contribution in [3.8, 4) is 11.5 Å². The van der Waals surface area contributed by atoms with Gasteiger partial charge in [0.2, 0.25) is 5.90 Å². The van der Waals surface area contributed by atoms with Crippen molar-refractivity contribution in [2.24, 2.45) is 4.99 Å². The molecule has 0 N–H and O–H groups in total. The Morgan fingerprint density at radius 3 is 2.44 bits per heavy atom. The quantitative estimate of drug-likeness (QED) is 0.299. The maximum atomic E-state index is 12.4. The largest absolute Gasteiger partial charge is 0.493 e. The Bertz CT molecular complexity index is 1200. The van der Waals surface area contributed by atoms with Gasteiger partial charge in [-0.05, 0) is 35.4 Å². The summed E-state index contributed by atoms with van der Waals surface area (Å²) in [6.45, 7) is 0.355. The van der Waals surface area contributed by atoms with Gasteiger partial charge in [0.05, 0.1) is 7.11 Å². The Hall–Kier alpha value is -3.64. The number of hydrogen-bond acceptors (Lipinski definition) is 5. The van der Waals surface area contributed by atoms with Gasteiger partial charge < -0.3 is 14.2 Å². The molecule has 0 spiro atoms. The van der Waals surface area contributed by atoms with Crippen LogP contribution in [0.15, 0.2) is 94.0 Å². The number of rotatable bonds is 7. The van der Waals surface area contributed by atoms with Crippen LogP contribution in [0.5, 0.6) is 11.5 Å². The SMILES string of the molecule is COc1cc(Br)cc(C=C2N=C(C=Cc3ccccc3)OC2=O)c1OCc1ccccc1. The zero-order valence-electron chi connectivity index (χ0n) is 17.3. The van der Waals surface area contributed by atoms with Crippen LogP contribution in [-0.4, -0.2) is 19.0 Å². The average Bonchev–Trinajstić information content (AvgIpc) is 3.17. The molecule has 4 rings (SSSR count). The lowest BCUT2D eigenvalue weighted by atomic mass is 10.1. The highest BCUT2D eigenvalue weighted by Gasteiger charge is 2.23. The van der Waals surface area contributed by atoms with E-state index in [2.05, 4.69) is 20.9 Å². The standard InChI is InChI=1S/C26H20BrNO4/c1-30-23-16-21(27)14-20(25(23)31-17-19-10-6-3-7-11-19)15-22-26(29)32-24(28-22)13-12-18-8-4-2-5-9-18/h2-16H,17H2,1H3. The second-order valence-electron chi connectivity index (χ2n) is 6.91. The number of cyclic esters (lactones) is 1. The molecule has 0 saturated heterocycles. The molecule has 1 heterocycles. The molecule has 1 aliphatic rings. The fraction of sp³-hybridized carbons (Fsp3) is 0.0769. The highest BCUT2D eigenvalue weighted by Crippen LogP contribution is 2.37. The van der Waals surface area contributed by atoms with Gasteiger partial charge in [-0.2, -0.15) is 0 Å². The molecule has 0 fully saturated rings. The van der Waals surface area contributed by atoms with E-state index >= 15 is 0 Å². The zero-order valence-corrected chi connectivity index (χ0v) is 18.9. The normalized spacial score (nSPS) is 14.5. The first-order valence-corrected chi connectivity index (χ1v) is 10.7. The summed E-state index contributed by atoms with van der Waals surface area (Å²) in [6, 6.07) is 23.2. The lowest BCUT2D eigenvalue weighted by Gasteiger charge is -2.14. The van der Waals surface area contributed by atoms with Gasteiger partial charge >= 0.3 is 5.97 Å². The Morgan fingerprint density at radius 2 is 1.72 bits per heavy atom. The summed E-state index contributed by atoms with van der Waals surface area (Å²) in [5, 5.41) is 0. The molecule has 0 aliphatic carbocycles. The highest BCUT2D eigenvalue weighted by molar-refractivity contribution is 9.10. The van der Waals surface area contributed by atoms with Crippen molar-refractivity contribution in [2.75, 3.05) is 7.11 Å². The summed E-state index contributed by atoms with van der Waals surface area (Å²) in [4.78, 5) is 16.7. The fourth-order valence-electron chi connectivity index (χ4n) is 3.11. The first-order chi connectivity index (χ1) is 15.6. The Balaban J connectivity index is 1.63. The number of carbonyl (C=O) groups is 1. The molecule has 160 valence electrons. The van der Waals surface area contributed by atoms with E-state index in [0.29, 0.717) is 23.7 Å². The maximum absolute atomic E-state index is 12.4. The van der Waals surface area contributed by atoms with Crippen LogP contribution in [0, 0.1) is 0 Å². The van der Waals surface area contributed by atoms with Crippen LogP contribution >= 0.6 is 15.9 Å². The molecule has 0 bridgehead atoms. The molecule has 0 amide bonds. The molecule has 3 aromatic rings. The Labute approximate surface area is 194 Å². The molecule has 0 atom stereocenters. The van der Waals surface area contributed by atoms with Crippen molar-refractivity contribution in [3.63, 3.8) is 0 Å². The summed E-state index contributed by atoms with van der Waals surface area (Å²) >= 11 is 3.48. The number of aliphatic imine (C=N–C) groups is 1. The monoisotopic (exact) mass is 489 g/mol. The zero-order chi connectivity index (χ0) is 22.3. The molecule has 6 heteroatoms. The lowest BCUT2D eigenvalue weighted by Crippen LogP contribution is -2.02. The second kappa shape index (κ2) is 10.1. The minimum absolute atomic E-state index is 0.183. The van der Waals surface area contributed by atoms with E-state index in [9.17, 15) is 4.79 Å². The van der Waals surface area contributed by atoms with Gasteiger partial charge in [0.25, 0.3) is 0 Å². The molecule has 3 aromatic carbocycles. The van der Waals surface area contributed by atoms with E-state index in [1.54, 1.807) is 19.3 Å². The van der Waals surface area contributed by atoms with E-state index < -0.39 is 5.97 Å². The first-order valence-electron chi connectivity index (χ1n) is 9.92. The lowest BCUT2D eigenvalue weighted by molar-refractivity contribution is -0.129. The van der Waals surface area contributed by atoms with Crippen LogP contribution in [0.1, 0.15) is 16.7 Å². The minimum Gasteiger partial charge on any atom is -0.493 e. The number of hydrogen-bond donors (Lipinski definition) is 0. The number of carbonyl (C=O) groups excluding carboxylic acids is 1. The van der Waals surface area contributed by atoms with Crippen LogP contribution in [0.3, 0.4) is 0 Å². The molecular formula is C26H20BrNO4. The van der Waals surface area contributed by atoms with Crippen molar-refractivity contribution in [1.29, 1.82) is 0 Å². The average molecular weight is 490 g/mol. The molecular weight excluding hydrogens is 470 g/mol. The summed E-state index contributed by atoms with van der Waals surface area (Å²) in [6.07, 6.45) is 5.15. The van der Waals surface area contributed by atoms with Gasteiger partial charge in [-0.3, -0.25) is 0 Å². The molecule has 0 radical (unpaired) electrons. The number of methoxy groups -OCH3 is 1. The van der Waals surface area contributed by atoms with E-state index in [1.807, 2.05) is 78.9 Å². The third-order valence-corrected chi connectivity index (χ3v) is 5.10. The smallest absolute Gasteiger partial charge is 0.363 e. The number of nitrogens with zero attached hydrogens (tertiary/aromatic N) is 1. The van der Waals surface area contributed by atoms with Crippen LogP contribution < -0.4 is 9.47 Å². The predicted molar refractivity (Wildman–Crippen MR) is 128 cm³/mol. The number of ether oxygens (including phenoxy) is 3. The summed E-state index contributed by atoms with van der Waals surface area (Å²) < 4.78 is 17.7. The summed E-state index contributed by atoms with van der Waals surface area (Å²) in [5.41, 5.74) is 2.83. The highest BCUT2D eigenvalue weighted by atomic mass is 79.9. The van der Waals surface area contributed by atoms with Gasteiger partial charge in [0.15, 0.2) is 17.2 Å². The van der Waals surface area contributed by atoms with Crippen LogP contribution in [0.4, 0.5) is 0 Å². The van der Waals surface area contributed by atoms with Gasteiger partial charge in [-0.1, -0.05) is 76.6 Å². The first kappa shape index (κ1) is 21.6. The molecule has 5 nitrogen and oxygen atoms in total. The maximum Gasteiger partial charge on any atom is 0.363 e. The van der Waals surface area contributed by atoms with Crippen molar-refractivity contribution in [2.45, 2.75) is 6.61 Å². The molecule has 1 aliphatic heterocycles. The van der Waals surface area contributed by atoms with Crippen LogP contribution in [0.2, 0.25) is 0 Å². The van der Waals surface area contributed by atoms with Gasteiger partial charge in [0.1, 0.15) is 6.61 Å². The van der Waals surface area contributed by atoms with E-state index in [4.69, 9.17) is 14.2 Å². The van der Waals surface area contributed by atoms with Crippen molar-refractivity contribution in [1.82, 2.24) is 0 Å². The topological polar surface area (TPSA) is 57.1 Å². The minimum atomic E-state index is -0.523. The van der Waals surface area contributed by atoms with E-state index in [0.717, 1.165) is 15.6 Å². The van der Waals surface area contributed by atoms with Gasteiger partial charge in [0, 0.05) is 16.1 Å². The number of benzene rings is 3. The summed E-state index contributed by atoms with van der Waals surface area (Å²) in [7, 11) is 1.57.